The minimum absolute atomic E-state index is 0.287. The molecule has 1 aliphatic rings. The van der Waals surface area contributed by atoms with Crippen molar-refractivity contribution in [2.75, 3.05) is 11.6 Å². The molecule has 0 spiro atoms. The average molecular weight is 442 g/mol. The van der Waals surface area contributed by atoms with E-state index < -0.39 is 0 Å². The third-order valence-electron chi connectivity index (χ3n) is 5.40. The Kier molecular flexibility index (Phi) is 5.19. The maximum absolute atomic E-state index is 12.1. The second-order valence-corrected chi connectivity index (χ2v) is 8.38. The van der Waals surface area contributed by atoms with Gasteiger partial charge in [-0.3, -0.25) is 0 Å². The Morgan fingerprint density at radius 3 is 2.75 bits per heavy atom. The Morgan fingerprint density at radius 2 is 2.00 bits per heavy atom. The minimum Gasteiger partial charge on any atom is -0.472 e. The lowest BCUT2D eigenvalue weighted by atomic mass is 9.98. The molecule has 0 saturated heterocycles. The summed E-state index contributed by atoms with van der Waals surface area (Å²) in [6.45, 7) is 7.49. The van der Waals surface area contributed by atoms with Crippen molar-refractivity contribution >= 4 is 32.6 Å². The van der Waals surface area contributed by atoms with Gasteiger partial charge < -0.3 is 14.1 Å². The molecule has 5 heteroatoms. The van der Waals surface area contributed by atoms with Crippen molar-refractivity contribution in [3.05, 3.63) is 67.5 Å². The average Bonchev–Trinajstić information content (AvgIpc) is 2.66. The number of nitrogens with zero attached hydrogens (tertiary/aromatic N) is 1. The molecule has 1 aromatic heterocycles. The van der Waals surface area contributed by atoms with Crippen molar-refractivity contribution < 1.29 is 9.15 Å². The van der Waals surface area contributed by atoms with Crippen LogP contribution in [0.5, 0.6) is 5.75 Å². The number of fused-ring (bicyclic) bond motifs is 2. The SMILES string of the molecule is CCCCc1cc(=O)oc2c(C)c3c(cc12)CN(c1ccc(Br)cc1C)CO3. The quantitative estimate of drug-likeness (QED) is 0.474. The number of halogens is 1. The van der Waals surface area contributed by atoms with Crippen LogP contribution in [-0.2, 0) is 13.0 Å². The fourth-order valence-corrected chi connectivity index (χ4v) is 4.46. The summed E-state index contributed by atoms with van der Waals surface area (Å²) in [5.74, 6) is 0.842. The van der Waals surface area contributed by atoms with Crippen LogP contribution in [0.3, 0.4) is 0 Å². The molecule has 0 fully saturated rings. The molecular weight excluding hydrogens is 418 g/mol. The summed E-state index contributed by atoms with van der Waals surface area (Å²) >= 11 is 3.53. The van der Waals surface area contributed by atoms with Crippen LogP contribution in [-0.4, -0.2) is 6.73 Å². The van der Waals surface area contributed by atoms with Gasteiger partial charge in [0, 0.05) is 39.3 Å². The molecule has 2 aromatic carbocycles. The highest BCUT2D eigenvalue weighted by Crippen LogP contribution is 2.38. The second-order valence-electron chi connectivity index (χ2n) is 7.46. The van der Waals surface area contributed by atoms with Crippen molar-refractivity contribution in [3.8, 4) is 5.75 Å². The molecule has 0 saturated carbocycles. The summed E-state index contributed by atoms with van der Waals surface area (Å²) in [5, 5.41) is 1.03. The highest BCUT2D eigenvalue weighted by molar-refractivity contribution is 9.10. The highest BCUT2D eigenvalue weighted by Gasteiger charge is 2.24. The fourth-order valence-electron chi connectivity index (χ4n) is 3.99. The van der Waals surface area contributed by atoms with E-state index in [9.17, 15) is 4.79 Å². The van der Waals surface area contributed by atoms with Gasteiger partial charge in [0.15, 0.2) is 6.73 Å². The van der Waals surface area contributed by atoms with Crippen molar-refractivity contribution in [2.45, 2.75) is 46.6 Å². The van der Waals surface area contributed by atoms with Crippen LogP contribution in [0.2, 0.25) is 0 Å². The second kappa shape index (κ2) is 7.63. The van der Waals surface area contributed by atoms with E-state index in [1.54, 1.807) is 6.07 Å². The lowest BCUT2D eigenvalue weighted by Crippen LogP contribution is -2.32. The van der Waals surface area contributed by atoms with Crippen LogP contribution in [0.4, 0.5) is 5.69 Å². The Hall–Kier alpha value is -2.27. The zero-order valence-electron chi connectivity index (χ0n) is 16.5. The Morgan fingerprint density at radius 1 is 1.18 bits per heavy atom. The Balaban J connectivity index is 1.79. The van der Waals surface area contributed by atoms with E-state index in [1.807, 2.05) is 6.92 Å². The molecule has 1 aliphatic heterocycles. The van der Waals surface area contributed by atoms with Gasteiger partial charge in [0.05, 0.1) is 0 Å². The number of rotatable bonds is 4. The van der Waals surface area contributed by atoms with Crippen LogP contribution in [0.1, 0.15) is 42.0 Å². The molecule has 0 radical (unpaired) electrons. The first-order valence-electron chi connectivity index (χ1n) is 9.71. The first-order chi connectivity index (χ1) is 13.5. The van der Waals surface area contributed by atoms with Crippen molar-refractivity contribution in [1.82, 2.24) is 0 Å². The molecule has 3 aromatic rings. The van der Waals surface area contributed by atoms with E-state index in [1.165, 1.54) is 5.56 Å². The van der Waals surface area contributed by atoms with Crippen molar-refractivity contribution in [2.24, 2.45) is 0 Å². The summed E-state index contributed by atoms with van der Waals surface area (Å²) < 4.78 is 12.8. The van der Waals surface area contributed by atoms with E-state index in [0.29, 0.717) is 12.3 Å². The largest absolute Gasteiger partial charge is 0.472 e. The molecule has 0 unspecified atom stereocenters. The fraction of sp³-hybridized carbons (Fsp3) is 0.348. The van der Waals surface area contributed by atoms with Crippen LogP contribution >= 0.6 is 15.9 Å². The molecular formula is C23H24BrNO3. The molecule has 2 heterocycles. The van der Waals surface area contributed by atoms with Gasteiger partial charge in [0.1, 0.15) is 11.3 Å². The third kappa shape index (κ3) is 3.44. The van der Waals surface area contributed by atoms with Crippen molar-refractivity contribution in [3.63, 3.8) is 0 Å². The molecule has 28 heavy (non-hydrogen) atoms. The molecule has 0 atom stereocenters. The number of hydrogen-bond acceptors (Lipinski definition) is 4. The normalized spacial score (nSPS) is 13.5. The smallest absolute Gasteiger partial charge is 0.336 e. The summed E-state index contributed by atoms with van der Waals surface area (Å²) in [7, 11) is 0. The zero-order valence-corrected chi connectivity index (χ0v) is 18.1. The number of hydrogen-bond donors (Lipinski definition) is 0. The van der Waals surface area contributed by atoms with Gasteiger partial charge in [-0.25, -0.2) is 4.79 Å². The van der Waals surface area contributed by atoms with Gasteiger partial charge in [-0.15, -0.1) is 0 Å². The molecule has 0 bridgehead atoms. The molecule has 146 valence electrons. The molecule has 0 amide bonds. The van der Waals surface area contributed by atoms with Crippen LogP contribution in [0.15, 0.2) is 44.0 Å². The number of benzene rings is 2. The first-order valence-corrected chi connectivity index (χ1v) is 10.5. The van der Waals surface area contributed by atoms with Crippen LogP contribution in [0, 0.1) is 13.8 Å². The summed E-state index contributed by atoms with van der Waals surface area (Å²) in [5.41, 5.74) is 5.84. The molecule has 0 aliphatic carbocycles. The molecule has 0 N–H and O–H groups in total. The Labute approximate surface area is 173 Å². The summed E-state index contributed by atoms with van der Waals surface area (Å²) in [4.78, 5) is 14.3. The molecule has 4 nitrogen and oxygen atoms in total. The maximum atomic E-state index is 12.1. The predicted molar refractivity (Wildman–Crippen MR) is 116 cm³/mol. The van der Waals surface area contributed by atoms with E-state index in [4.69, 9.17) is 9.15 Å². The van der Waals surface area contributed by atoms with Gasteiger partial charge >= 0.3 is 5.63 Å². The van der Waals surface area contributed by atoms with E-state index in [2.05, 4.69) is 58.9 Å². The maximum Gasteiger partial charge on any atom is 0.336 e. The summed E-state index contributed by atoms with van der Waals surface area (Å²) in [6, 6.07) is 10.1. The minimum atomic E-state index is -0.287. The standard InChI is InChI=1S/C23H24BrNO3/c1-4-5-6-16-11-21(26)28-23-15(3)22-17(10-19(16)23)12-25(13-27-22)20-8-7-18(24)9-14(20)2/h7-11H,4-6,12-13H2,1-3H3. The van der Waals surface area contributed by atoms with Crippen LogP contribution < -0.4 is 15.3 Å². The highest BCUT2D eigenvalue weighted by atomic mass is 79.9. The Bertz CT molecular complexity index is 1100. The predicted octanol–water partition coefficient (Wildman–Crippen LogP) is 5.87. The van der Waals surface area contributed by atoms with E-state index >= 15 is 0 Å². The zero-order chi connectivity index (χ0) is 19.8. The van der Waals surface area contributed by atoms with Gasteiger partial charge in [-0.1, -0.05) is 29.3 Å². The van der Waals surface area contributed by atoms with Crippen LogP contribution in [0.25, 0.3) is 11.0 Å². The van der Waals surface area contributed by atoms with Gasteiger partial charge in [-0.05, 0) is 62.1 Å². The summed E-state index contributed by atoms with van der Waals surface area (Å²) in [6.07, 6.45) is 3.02. The number of ether oxygens (including phenoxy) is 1. The van der Waals surface area contributed by atoms with E-state index in [0.717, 1.165) is 63.8 Å². The topological polar surface area (TPSA) is 42.7 Å². The number of unbranched alkanes of at least 4 members (excludes halogenated alkanes) is 1. The van der Waals surface area contributed by atoms with Crippen molar-refractivity contribution in [1.29, 1.82) is 0 Å². The first kappa shape index (κ1) is 19.1. The third-order valence-corrected chi connectivity index (χ3v) is 5.90. The monoisotopic (exact) mass is 441 g/mol. The van der Waals surface area contributed by atoms with Gasteiger partial charge in [0.25, 0.3) is 0 Å². The van der Waals surface area contributed by atoms with E-state index in [-0.39, 0.29) is 5.63 Å². The number of anilines is 1. The number of aryl methyl sites for hydroxylation is 3. The molecule has 4 rings (SSSR count). The van der Waals surface area contributed by atoms with Gasteiger partial charge in [0.2, 0.25) is 0 Å². The van der Waals surface area contributed by atoms with Gasteiger partial charge in [-0.2, -0.15) is 0 Å². The lowest BCUT2D eigenvalue weighted by molar-refractivity contribution is 0.287. The lowest BCUT2D eigenvalue weighted by Gasteiger charge is -2.33.